The van der Waals surface area contributed by atoms with Crippen LogP contribution in [0.3, 0.4) is 0 Å². The lowest BCUT2D eigenvalue weighted by Gasteiger charge is -2.37. The lowest BCUT2D eigenvalue weighted by molar-refractivity contribution is -0.140. The second-order valence-corrected chi connectivity index (χ2v) is 8.13. The first kappa shape index (κ1) is 17.2. The molecule has 2 unspecified atom stereocenters. The monoisotopic (exact) mass is 368 g/mol. The van der Waals surface area contributed by atoms with E-state index in [1.807, 2.05) is 20.8 Å². The van der Waals surface area contributed by atoms with Crippen molar-refractivity contribution in [3.63, 3.8) is 0 Å². The van der Waals surface area contributed by atoms with E-state index in [1.165, 1.54) is 0 Å². The fraction of sp³-hybridized carbons (Fsp3) is 0.471. The Balaban J connectivity index is 2.04. The van der Waals surface area contributed by atoms with Crippen LogP contribution < -0.4 is 5.32 Å². The Morgan fingerprint density at radius 3 is 2.25 bits per heavy atom. The topological polar surface area (TPSA) is 78.8 Å². The van der Waals surface area contributed by atoms with Crippen molar-refractivity contribution in [1.82, 2.24) is 0 Å². The number of oxime groups is 1. The summed E-state index contributed by atoms with van der Waals surface area (Å²) in [6.45, 7) is 5.62. The van der Waals surface area contributed by atoms with Gasteiger partial charge in [-0.05, 0) is 36.5 Å². The van der Waals surface area contributed by atoms with Crippen molar-refractivity contribution in [3.05, 3.63) is 28.2 Å². The van der Waals surface area contributed by atoms with Gasteiger partial charge >= 0.3 is 0 Å². The van der Waals surface area contributed by atoms with E-state index in [1.54, 1.807) is 18.2 Å². The summed E-state index contributed by atoms with van der Waals surface area (Å²) in [6, 6.07) is 4.71. The van der Waals surface area contributed by atoms with E-state index in [2.05, 4.69) is 10.5 Å². The first-order valence-corrected chi connectivity index (χ1v) is 8.40. The number of amides is 1. The summed E-state index contributed by atoms with van der Waals surface area (Å²) in [6.07, 6.45) is 1.02. The van der Waals surface area contributed by atoms with Gasteiger partial charge in [-0.2, -0.15) is 0 Å². The molecule has 0 radical (unpaired) electrons. The van der Waals surface area contributed by atoms with Crippen LogP contribution in [-0.4, -0.2) is 22.6 Å². The zero-order chi connectivity index (χ0) is 17.9. The van der Waals surface area contributed by atoms with Gasteiger partial charge in [0.1, 0.15) is 11.1 Å². The van der Waals surface area contributed by atoms with Gasteiger partial charge in [-0.1, -0.05) is 49.1 Å². The number of hydrogen-bond donors (Lipinski definition) is 2. The van der Waals surface area contributed by atoms with E-state index in [-0.39, 0.29) is 5.71 Å². The van der Waals surface area contributed by atoms with Crippen LogP contribution >= 0.6 is 23.2 Å². The molecule has 0 spiro atoms. The van der Waals surface area contributed by atoms with Crippen molar-refractivity contribution in [2.45, 2.75) is 33.6 Å². The molecule has 2 fully saturated rings. The van der Waals surface area contributed by atoms with Crippen LogP contribution in [0, 0.1) is 16.2 Å². The predicted molar refractivity (Wildman–Crippen MR) is 92.9 cm³/mol. The van der Waals surface area contributed by atoms with E-state index < -0.39 is 27.9 Å². The van der Waals surface area contributed by atoms with Gasteiger partial charge in [-0.15, -0.1) is 0 Å². The van der Waals surface area contributed by atoms with Crippen LogP contribution in [0.15, 0.2) is 23.4 Å². The Hall–Kier alpha value is -1.59. The molecule has 1 amide bonds. The molecule has 0 saturated heterocycles. The van der Waals surface area contributed by atoms with E-state index in [4.69, 9.17) is 23.2 Å². The first-order valence-electron chi connectivity index (χ1n) is 7.65. The fourth-order valence-electron chi connectivity index (χ4n) is 4.32. The number of hydrogen-bond acceptors (Lipinski definition) is 4. The van der Waals surface area contributed by atoms with Gasteiger partial charge in [-0.25, -0.2) is 0 Å². The normalized spacial score (nSPS) is 32.4. The molecule has 3 rings (SSSR count). The van der Waals surface area contributed by atoms with Crippen molar-refractivity contribution < 1.29 is 14.8 Å². The average Bonchev–Trinajstić information content (AvgIpc) is 2.73. The maximum atomic E-state index is 13.1. The molecule has 2 N–H and O–H groups in total. The average molecular weight is 369 g/mol. The van der Waals surface area contributed by atoms with Crippen molar-refractivity contribution in [1.29, 1.82) is 0 Å². The molecule has 0 aromatic heterocycles. The van der Waals surface area contributed by atoms with Crippen LogP contribution in [0.1, 0.15) is 33.6 Å². The lowest BCUT2D eigenvalue weighted by atomic mass is 9.64. The predicted octanol–water partition coefficient (Wildman–Crippen LogP) is 4.16. The minimum absolute atomic E-state index is 0.0815. The number of rotatable bonds is 2. The van der Waals surface area contributed by atoms with Crippen molar-refractivity contribution in [2.24, 2.45) is 21.4 Å². The van der Waals surface area contributed by atoms with Crippen LogP contribution in [0.5, 0.6) is 0 Å². The highest BCUT2D eigenvalue weighted by molar-refractivity contribution is 6.51. The Morgan fingerprint density at radius 2 is 1.75 bits per heavy atom. The van der Waals surface area contributed by atoms with E-state index in [0.29, 0.717) is 28.6 Å². The van der Waals surface area contributed by atoms with Gasteiger partial charge < -0.3 is 10.5 Å². The Kier molecular flexibility index (Phi) is 3.74. The second kappa shape index (κ2) is 5.20. The molecule has 1 aromatic carbocycles. The molecular weight excluding hydrogens is 351 g/mol. The zero-order valence-corrected chi connectivity index (χ0v) is 15.1. The van der Waals surface area contributed by atoms with E-state index in [9.17, 15) is 14.8 Å². The minimum Gasteiger partial charge on any atom is -0.411 e. The minimum atomic E-state index is -1.27. The van der Waals surface area contributed by atoms with Crippen molar-refractivity contribution in [3.8, 4) is 0 Å². The number of nitrogens with zero attached hydrogens (tertiary/aromatic N) is 1. The molecule has 0 aliphatic heterocycles. The van der Waals surface area contributed by atoms with Gasteiger partial charge in [0.05, 0.1) is 0 Å². The van der Waals surface area contributed by atoms with Gasteiger partial charge in [0.2, 0.25) is 5.91 Å². The number of halogens is 2. The number of carbonyl (C=O) groups excluding carboxylic acids is 2. The number of anilines is 1. The second-order valence-electron chi connectivity index (χ2n) is 7.25. The molecule has 5 nitrogen and oxygen atoms in total. The molecule has 24 heavy (non-hydrogen) atoms. The van der Waals surface area contributed by atoms with Gasteiger partial charge in [-0.3, -0.25) is 9.59 Å². The van der Waals surface area contributed by atoms with Crippen molar-refractivity contribution in [2.75, 3.05) is 5.32 Å². The maximum Gasteiger partial charge on any atom is 0.239 e. The highest BCUT2D eigenvalue weighted by Gasteiger charge is 2.76. The summed E-state index contributed by atoms with van der Waals surface area (Å²) >= 11 is 11.9. The first-order chi connectivity index (χ1) is 11.1. The Bertz CT molecular complexity index is 770. The highest BCUT2D eigenvalue weighted by atomic mass is 35.5. The third-order valence-electron chi connectivity index (χ3n) is 6.18. The molecule has 7 heteroatoms. The third-order valence-corrected chi connectivity index (χ3v) is 6.62. The summed E-state index contributed by atoms with van der Waals surface area (Å²) in [4.78, 5) is 26.0. The maximum absolute atomic E-state index is 13.1. The number of nitrogens with one attached hydrogen (secondary N) is 1. The molecule has 2 atom stereocenters. The van der Waals surface area contributed by atoms with Crippen molar-refractivity contribution >= 4 is 46.3 Å². The highest BCUT2D eigenvalue weighted by Crippen LogP contribution is 2.69. The van der Waals surface area contributed by atoms with Crippen LogP contribution in [-0.2, 0) is 9.59 Å². The number of fused-ring (bicyclic) bond motifs is 2. The molecule has 2 saturated carbocycles. The van der Waals surface area contributed by atoms with Crippen LogP contribution in [0.4, 0.5) is 5.69 Å². The molecule has 0 heterocycles. The van der Waals surface area contributed by atoms with E-state index >= 15 is 0 Å². The third kappa shape index (κ3) is 1.91. The number of Topliss-reactive ketones (excluding diaryl/α,β-unsaturated/α-hetero) is 1. The molecule has 128 valence electrons. The fourth-order valence-corrected chi connectivity index (χ4v) is 4.84. The largest absolute Gasteiger partial charge is 0.411 e. The molecule has 2 aliphatic rings. The summed E-state index contributed by atoms with van der Waals surface area (Å²) in [5, 5.41) is 16.1. The quantitative estimate of drug-likeness (QED) is 0.467. The molecule has 1 aromatic rings. The standard InChI is InChI=1S/C17H18Cl2N2O3/c1-15(2)16(3)4-5-17(15,13(22)12(16)21-24)14(23)20-11-7-9(18)6-10(19)8-11/h6-8,24H,4-5H2,1-3H3,(H,20,23). The Labute approximate surface area is 150 Å². The van der Waals surface area contributed by atoms with E-state index in [0.717, 1.165) is 0 Å². The SMILES string of the molecule is CC12CCC(C(=O)Nc3cc(Cl)cc(Cl)c3)(C(=O)C1=NO)C2(C)C. The molecule has 2 bridgehead atoms. The molecule has 2 aliphatic carbocycles. The summed E-state index contributed by atoms with van der Waals surface area (Å²) < 4.78 is 0. The smallest absolute Gasteiger partial charge is 0.239 e. The van der Waals surface area contributed by atoms with Crippen LogP contribution in [0.25, 0.3) is 0 Å². The summed E-state index contributed by atoms with van der Waals surface area (Å²) in [5.74, 6) is -0.826. The summed E-state index contributed by atoms with van der Waals surface area (Å²) in [5.41, 5.74) is -2.07. The number of benzene rings is 1. The van der Waals surface area contributed by atoms with Gasteiger partial charge in [0.15, 0.2) is 5.78 Å². The summed E-state index contributed by atoms with van der Waals surface area (Å²) in [7, 11) is 0. The number of ketones is 1. The lowest BCUT2D eigenvalue weighted by Crippen LogP contribution is -2.47. The Morgan fingerprint density at radius 1 is 1.17 bits per heavy atom. The number of carbonyl (C=O) groups is 2. The zero-order valence-electron chi connectivity index (χ0n) is 13.6. The molecular formula is C17H18Cl2N2O3. The van der Waals surface area contributed by atoms with Gasteiger partial charge in [0.25, 0.3) is 0 Å². The van der Waals surface area contributed by atoms with Crippen LogP contribution in [0.2, 0.25) is 10.0 Å². The van der Waals surface area contributed by atoms with Gasteiger partial charge in [0, 0.05) is 21.1 Å².